The molecule has 94 valence electrons. The third-order valence-electron chi connectivity index (χ3n) is 2.33. The van der Waals surface area contributed by atoms with Gasteiger partial charge < -0.3 is 0 Å². The normalized spacial score (nSPS) is 11.5. The molecule has 0 saturated carbocycles. The summed E-state index contributed by atoms with van der Waals surface area (Å²) in [6, 6.07) is 10.4. The lowest BCUT2D eigenvalue weighted by Gasteiger charge is -2.07. The monoisotopic (exact) mass is 320 g/mol. The summed E-state index contributed by atoms with van der Waals surface area (Å²) >= 11 is 17.5. The molecule has 0 amide bonds. The first kappa shape index (κ1) is 13.7. The van der Waals surface area contributed by atoms with E-state index in [1.165, 1.54) is 42.5 Å². The van der Waals surface area contributed by atoms with Gasteiger partial charge in [0.1, 0.15) is 0 Å². The molecule has 2 nitrogen and oxygen atoms in total. The largest absolute Gasteiger partial charge is 0.218 e. The van der Waals surface area contributed by atoms with Crippen LogP contribution in [0.1, 0.15) is 0 Å². The Bertz CT molecular complexity index is 679. The van der Waals surface area contributed by atoms with Crippen molar-refractivity contribution in [2.75, 3.05) is 0 Å². The molecule has 0 fully saturated rings. The average Bonchev–Trinajstić information content (AvgIpc) is 2.33. The molecule has 0 unspecified atom stereocenters. The van der Waals surface area contributed by atoms with Gasteiger partial charge in [-0.15, -0.1) is 0 Å². The predicted molar refractivity (Wildman–Crippen MR) is 73.4 cm³/mol. The SMILES string of the molecule is O=S(=O)(c1ccc(Cl)cc1)c1cccc(Cl)c1Cl. The van der Waals surface area contributed by atoms with Crippen LogP contribution in [0.5, 0.6) is 0 Å². The number of hydrogen-bond donors (Lipinski definition) is 0. The molecule has 0 aliphatic heterocycles. The summed E-state index contributed by atoms with van der Waals surface area (Å²) in [5.41, 5.74) is 0. The molecule has 18 heavy (non-hydrogen) atoms. The van der Waals surface area contributed by atoms with Crippen molar-refractivity contribution in [2.45, 2.75) is 9.79 Å². The molecule has 0 aliphatic carbocycles. The Morgan fingerprint density at radius 1 is 0.833 bits per heavy atom. The van der Waals surface area contributed by atoms with E-state index in [2.05, 4.69) is 0 Å². The standard InChI is InChI=1S/C12H7Cl3O2S/c13-8-4-6-9(7-5-8)18(16,17)11-3-1-2-10(14)12(11)15/h1-7H. The minimum atomic E-state index is -3.68. The summed E-state index contributed by atoms with van der Waals surface area (Å²) in [5, 5.41) is 0.687. The van der Waals surface area contributed by atoms with Crippen LogP contribution in [0.2, 0.25) is 15.1 Å². The van der Waals surface area contributed by atoms with Gasteiger partial charge in [0.15, 0.2) is 0 Å². The van der Waals surface area contributed by atoms with Crippen LogP contribution >= 0.6 is 34.8 Å². The van der Waals surface area contributed by atoms with Crippen molar-refractivity contribution in [3.05, 3.63) is 57.5 Å². The molecule has 2 aromatic rings. The average molecular weight is 322 g/mol. The van der Waals surface area contributed by atoms with E-state index in [0.29, 0.717) is 5.02 Å². The topological polar surface area (TPSA) is 34.1 Å². The zero-order chi connectivity index (χ0) is 13.3. The van der Waals surface area contributed by atoms with E-state index in [0.717, 1.165) is 0 Å². The minimum Gasteiger partial charge on any atom is -0.218 e. The third-order valence-corrected chi connectivity index (χ3v) is 5.32. The van der Waals surface area contributed by atoms with Gasteiger partial charge in [0, 0.05) is 5.02 Å². The Labute approximate surface area is 120 Å². The van der Waals surface area contributed by atoms with Crippen LogP contribution in [0.3, 0.4) is 0 Å². The Morgan fingerprint density at radius 3 is 2.06 bits per heavy atom. The van der Waals surface area contributed by atoms with Crippen LogP contribution in [0, 0.1) is 0 Å². The summed E-state index contributed by atoms with van der Waals surface area (Å²) in [4.78, 5) is 0.107. The summed E-state index contributed by atoms with van der Waals surface area (Å²) in [5.74, 6) is 0. The zero-order valence-corrected chi connectivity index (χ0v) is 12.0. The van der Waals surface area contributed by atoms with E-state index in [1.54, 1.807) is 0 Å². The quantitative estimate of drug-likeness (QED) is 0.817. The van der Waals surface area contributed by atoms with E-state index in [4.69, 9.17) is 34.8 Å². The molecule has 0 radical (unpaired) electrons. The smallest absolute Gasteiger partial charge is 0.208 e. The van der Waals surface area contributed by atoms with Crippen molar-refractivity contribution >= 4 is 44.6 Å². The molecule has 6 heteroatoms. The number of rotatable bonds is 2. The van der Waals surface area contributed by atoms with Crippen molar-refractivity contribution in [1.82, 2.24) is 0 Å². The van der Waals surface area contributed by atoms with Crippen molar-refractivity contribution in [3.63, 3.8) is 0 Å². The third kappa shape index (κ3) is 2.50. The van der Waals surface area contributed by atoms with Crippen LogP contribution in [0.15, 0.2) is 52.3 Å². The lowest BCUT2D eigenvalue weighted by Crippen LogP contribution is -2.02. The van der Waals surface area contributed by atoms with Gasteiger partial charge in [-0.05, 0) is 36.4 Å². The molecular weight excluding hydrogens is 315 g/mol. The molecule has 0 aliphatic rings. The van der Waals surface area contributed by atoms with Crippen LogP contribution in [0.4, 0.5) is 0 Å². The highest BCUT2D eigenvalue weighted by Crippen LogP contribution is 2.32. The van der Waals surface area contributed by atoms with Crippen molar-refractivity contribution in [3.8, 4) is 0 Å². The van der Waals surface area contributed by atoms with Crippen molar-refractivity contribution in [2.24, 2.45) is 0 Å². The maximum absolute atomic E-state index is 12.3. The van der Waals surface area contributed by atoms with Gasteiger partial charge >= 0.3 is 0 Å². The van der Waals surface area contributed by atoms with Gasteiger partial charge in [-0.3, -0.25) is 0 Å². The zero-order valence-electron chi connectivity index (χ0n) is 8.90. The van der Waals surface area contributed by atoms with Gasteiger partial charge in [0.05, 0.1) is 19.8 Å². The van der Waals surface area contributed by atoms with E-state index >= 15 is 0 Å². The van der Waals surface area contributed by atoms with E-state index in [9.17, 15) is 8.42 Å². The number of halogens is 3. The molecule has 2 rings (SSSR count). The second kappa shape index (κ2) is 5.10. The molecule has 0 aromatic heterocycles. The van der Waals surface area contributed by atoms with Gasteiger partial charge in [0.25, 0.3) is 0 Å². The molecule has 2 aromatic carbocycles. The lowest BCUT2D eigenvalue weighted by atomic mass is 10.4. The van der Waals surface area contributed by atoms with Crippen LogP contribution in [-0.2, 0) is 9.84 Å². The minimum absolute atomic E-state index is 0.0148. The first-order valence-corrected chi connectivity index (χ1v) is 7.49. The maximum Gasteiger partial charge on any atom is 0.208 e. The second-order valence-corrected chi connectivity index (χ2v) is 6.65. The first-order valence-electron chi connectivity index (χ1n) is 4.87. The number of benzene rings is 2. The highest BCUT2D eigenvalue weighted by molar-refractivity contribution is 7.91. The van der Waals surface area contributed by atoms with Crippen LogP contribution < -0.4 is 0 Å². The second-order valence-electron chi connectivity index (χ2n) is 3.51. The molecule has 0 heterocycles. The molecular formula is C12H7Cl3O2S. The Balaban J connectivity index is 2.62. The summed E-state index contributed by atoms with van der Waals surface area (Å²) < 4.78 is 24.7. The molecule has 0 bridgehead atoms. The highest BCUT2D eigenvalue weighted by Gasteiger charge is 2.21. The van der Waals surface area contributed by atoms with E-state index in [1.807, 2.05) is 0 Å². The number of hydrogen-bond acceptors (Lipinski definition) is 2. The van der Waals surface area contributed by atoms with Gasteiger partial charge in [-0.2, -0.15) is 0 Å². The van der Waals surface area contributed by atoms with Crippen molar-refractivity contribution in [1.29, 1.82) is 0 Å². The predicted octanol–water partition coefficient (Wildman–Crippen LogP) is 4.48. The van der Waals surface area contributed by atoms with Crippen LogP contribution in [-0.4, -0.2) is 8.42 Å². The van der Waals surface area contributed by atoms with Gasteiger partial charge in [-0.25, -0.2) is 8.42 Å². The fourth-order valence-corrected chi connectivity index (χ4v) is 3.57. The van der Waals surface area contributed by atoms with Crippen LogP contribution in [0.25, 0.3) is 0 Å². The van der Waals surface area contributed by atoms with E-state index < -0.39 is 9.84 Å². The fraction of sp³-hybridized carbons (Fsp3) is 0. The highest BCUT2D eigenvalue weighted by atomic mass is 35.5. The van der Waals surface area contributed by atoms with E-state index in [-0.39, 0.29) is 19.8 Å². The molecule has 0 N–H and O–H groups in total. The fourth-order valence-electron chi connectivity index (χ4n) is 1.43. The summed E-state index contributed by atoms with van der Waals surface area (Å²) in [7, 11) is -3.68. The lowest BCUT2D eigenvalue weighted by molar-refractivity contribution is 0.596. The molecule has 0 saturated heterocycles. The summed E-state index contributed by atoms with van der Waals surface area (Å²) in [6.45, 7) is 0. The van der Waals surface area contributed by atoms with Gasteiger partial charge in [-0.1, -0.05) is 40.9 Å². The first-order chi connectivity index (χ1) is 8.43. The summed E-state index contributed by atoms with van der Waals surface area (Å²) in [6.07, 6.45) is 0. The Kier molecular flexibility index (Phi) is 3.87. The van der Waals surface area contributed by atoms with Crippen molar-refractivity contribution < 1.29 is 8.42 Å². The maximum atomic E-state index is 12.3. The molecule has 0 spiro atoms. The number of sulfone groups is 1. The van der Waals surface area contributed by atoms with Gasteiger partial charge in [0.2, 0.25) is 9.84 Å². The Hall–Kier alpha value is -0.740. The molecule has 0 atom stereocenters. The Morgan fingerprint density at radius 2 is 1.44 bits per heavy atom.